The van der Waals surface area contributed by atoms with Crippen LogP contribution in [-0.2, 0) is 16.1 Å². The van der Waals surface area contributed by atoms with Crippen molar-refractivity contribution in [1.82, 2.24) is 0 Å². The molecule has 0 aromatic heterocycles. The molecule has 0 atom stereocenters. The third-order valence-corrected chi connectivity index (χ3v) is 4.64. The zero-order valence-corrected chi connectivity index (χ0v) is 14.8. The van der Waals surface area contributed by atoms with Crippen LogP contribution in [0.3, 0.4) is 0 Å². The van der Waals surface area contributed by atoms with Gasteiger partial charge >= 0.3 is 0 Å². The minimum absolute atomic E-state index is 0.163. The number of anilines is 2. The Bertz CT molecular complexity index is 896. The highest BCUT2D eigenvalue weighted by Gasteiger charge is 2.36. The maximum Gasteiger partial charge on any atom is 0.299 e. The summed E-state index contributed by atoms with van der Waals surface area (Å²) in [5.74, 6) is -1.37. The summed E-state index contributed by atoms with van der Waals surface area (Å²) in [4.78, 5) is 37.5. The van der Waals surface area contributed by atoms with E-state index in [1.165, 1.54) is 11.0 Å². The lowest BCUT2D eigenvalue weighted by Gasteiger charge is -2.17. The van der Waals surface area contributed by atoms with Gasteiger partial charge in [-0.25, -0.2) is 0 Å². The molecule has 0 aliphatic carbocycles. The Labute approximate surface area is 154 Å². The first kappa shape index (κ1) is 17.5. The Hall–Kier alpha value is -2.37. The molecule has 2 aromatic carbocycles. The number of amides is 2. The number of nitrogens with one attached hydrogen (secondary N) is 1. The zero-order chi connectivity index (χ0) is 18.1. The van der Waals surface area contributed by atoms with Crippen molar-refractivity contribution in [3.63, 3.8) is 0 Å². The number of fused-ring (bicyclic) bond motifs is 1. The SMILES string of the molecule is CCC(=O)Nc1ccc2c(c1)C(=O)C(=O)N2Cc1ccc(Cl)c(Cl)c1. The van der Waals surface area contributed by atoms with Gasteiger partial charge in [0.15, 0.2) is 0 Å². The Balaban J connectivity index is 1.91. The average Bonchev–Trinajstić information content (AvgIpc) is 2.83. The van der Waals surface area contributed by atoms with E-state index in [9.17, 15) is 14.4 Å². The smallest absolute Gasteiger partial charge is 0.299 e. The van der Waals surface area contributed by atoms with E-state index in [1.807, 2.05) is 0 Å². The monoisotopic (exact) mass is 376 g/mol. The van der Waals surface area contributed by atoms with Crippen molar-refractivity contribution in [3.8, 4) is 0 Å². The van der Waals surface area contributed by atoms with Crippen molar-refractivity contribution in [2.24, 2.45) is 0 Å². The van der Waals surface area contributed by atoms with Crippen LogP contribution >= 0.6 is 23.2 Å². The third-order valence-electron chi connectivity index (χ3n) is 3.90. The maximum atomic E-state index is 12.3. The van der Waals surface area contributed by atoms with Gasteiger partial charge in [0.1, 0.15) is 0 Å². The van der Waals surface area contributed by atoms with Crippen LogP contribution in [0.15, 0.2) is 36.4 Å². The minimum atomic E-state index is -0.611. The molecule has 0 saturated carbocycles. The maximum absolute atomic E-state index is 12.3. The van der Waals surface area contributed by atoms with Crippen molar-refractivity contribution in [2.75, 3.05) is 10.2 Å². The molecule has 128 valence electrons. The highest BCUT2D eigenvalue weighted by molar-refractivity contribution is 6.52. The van der Waals surface area contributed by atoms with Gasteiger partial charge in [-0.1, -0.05) is 36.2 Å². The standard InChI is InChI=1S/C18H14Cl2N2O3/c1-2-16(23)21-11-4-6-15-12(8-11)17(24)18(25)22(15)9-10-3-5-13(19)14(20)7-10/h3-8H,2,9H2,1H3,(H,21,23). The van der Waals surface area contributed by atoms with Gasteiger partial charge in [-0.15, -0.1) is 0 Å². The molecule has 1 aliphatic rings. The summed E-state index contributed by atoms with van der Waals surface area (Å²) in [6.07, 6.45) is 0.327. The number of rotatable bonds is 4. The van der Waals surface area contributed by atoms with E-state index in [-0.39, 0.29) is 18.0 Å². The molecule has 1 heterocycles. The number of nitrogens with zero attached hydrogens (tertiary/aromatic N) is 1. The van der Waals surface area contributed by atoms with E-state index >= 15 is 0 Å². The van der Waals surface area contributed by atoms with Crippen molar-refractivity contribution in [3.05, 3.63) is 57.6 Å². The summed E-state index contributed by atoms with van der Waals surface area (Å²) in [7, 11) is 0. The van der Waals surface area contributed by atoms with Crippen molar-refractivity contribution < 1.29 is 14.4 Å². The zero-order valence-electron chi connectivity index (χ0n) is 13.3. The molecule has 0 fully saturated rings. The lowest BCUT2D eigenvalue weighted by molar-refractivity contribution is -0.116. The lowest BCUT2D eigenvalue weighted by atomic mass is 10.1. The number of carbonyl (C=O) groups is 3. The second-order valence-electron chi connectivity index (χ2n) is 5.60. The van der Waals surface area contributed by atoms with Gasteiger partial charge in [-0.05, 0) is 35.9 Å². The lowest BCUT2D eigenvalue weighted by Crippen LogP contribution is -2.29. The summed E-state index contributed by atoms with van der Waals surface area (Å²) in [6, 6.07) is 9.90. The van der Waals surface area contributed by atoms with E-state index in [0.29, 0.717) is 27.8 Å². The Morgan fingerprint density at radius 2 is 1.84 bits per heavy atom. The molecule has 0 bridgehead atoms. The summed E-state index contributed by atoms with van der Waals surface area (Å²) in [5.41, 5.74) is 2.03. The van der Waals surface area contributed by atoms with Crippen LogP contribution in [0.1, 0.15) is 29.3 Å². The van der Waals surface area contributed by atoms with Gasteiger partial charge in [0, 0.05) is 12.1 Å². The van der Waals surface area contributed by atoms with Gasteiger partial charge in [0.25, 0.3) is 11.7 Å². The molecule has 2 amide bonds. The predicted octanol–water partition coefficient (Wildman–Crippen LogP) is 4.07. The molecule has 0 saturated heterocycles. The summed E-state index contributed by atoms with van der Waals surface area (Å²) < 4.78 is 0. The predicted molar refractivity (Wildman–Crippen MR) is 97.3 cm³/mol. The van der Waals surface area contributed by atoms with Gasteiger partial charge in [-0.2, -0.15) is 0 Å². The molecule has 3 rings (SSSR count). The topological polar surface area (TPSA) is 66.5 Å². The second kappa shape index (κ2) is 6.86. The molecule has 7 heteroatoms. The largest absolute Gasteiger partial charge is 0.326 e. The number of ketones is 1. The van der Waals surface area contributed by atoms with Crippen LogP contribution in [0, 0.1) is 0 Å². The van der Waals surface area contributed by atoms with E-state index in [0.717, 1.165) is 5.56 Å². The molecule has 0 radical (unpaired) electrons. The van der Waals surface area contributed by atoms with Crippen molar-refractivity contribution in [1.29, 1.82) is 0 Å². The number of hydrogen-bond acceptors (Lipinski definition) is 3. The van der Waals surface area contributed by atoms with Crippen LogP contribution in [0.5, 0.6) is 0 Å². The molecule has 25 heavy (non-hydrogen) atoms. The third kappa shape index (κ3) is 3.38. The molecule has 1 N–H and O–H groups in total. The van der Waals surface area contributed by atoms with E-state index in [4.69, 9.17) is 23.2 Å². The molecule has 1 aliphatic heterocycles. The van der Waals surface area contributed by atoms with Crippen LogP contribution in [-0.4, -0.2) is 17.6 Å². The number of hydrogen-bond donors (Lipinski definition) is 1. The van der Waals surface area contributed by atoms with Crippen LogP contribution in [0.25, 0.3) is 0 Å². The number of benzene rings is 2. The van der Waals surface area contributed by atoms with Crippen molar-refractivity contribution >= 4 is 52.2 Å². The van der Waals surface area contributed by atoms with Gasteiger partial charge in [0.2, 0.25) is 5.91 Å². The summed E-state index contributed by atoms with van der Waals surface area (Å²) in [5, 5.41) is 3.49. The summed E-state index contributed by atoms with van der Waals surface area (Å²) in [6.45, 7) is 1.94. The number of Topliss-reactive ketones (excluding diaryl/α,β-unsaturated/α-hetero) is 1. The van der Waals surface area contributed by atoms with Crippen LogP contribution in [0.4, 0.5) is 11.4 Å². The Morgan fingerprint density at radius 1 is 1.08 bits per heavy atom. The van der Waals surface area contributed by atoms with Crippen LogP contribution in [0.2, 0.25) is 10.0 Å². The Morgan fingerprint density at radius 3 is 2.52 bits per heavy atom. The Kier molecular flexibility index (Phi) is 4.79. The fraction of sp³-hybridized carbons (Fsp3) is 0.167. The quantitative estimate of drug-likeness (QED) is 0.817. The molecular formula is C18H14Cl2N2O3. The first-order valence-electron chi connectivity index (χ1n) is 7.64. The van der Waals surface area contributed by atoms with E-state index in [2.05, 4.69) is 5.32 Å². The van der Waals surface area contributed by atoms with Gasteiger partial charge in [0.05, 0.1) is 27.8 Å². The highest BCUT2D eigenvalue weighted by Crippen LogP contribution is 2.33. The first-order valence-corrected chi connectivity index (χ1v) is 8.40. The molecule has 0 unspecified atom stereocenters. The second-order valence-corrected chi connectivity index (χ2v) is 6.42. The van der Waals surface area contributed by atoms with Crippen molar-refractivity contribution in [2.45, 2.75) is 19.9 Å². The fourth-order valence-corrected chi connectivity index (χ4v) is 2.93. The molecule has 0 spiro atoms. The number of halogens is 2. The highest BCUT2D eigenvalue weighted by atomic mass is 35.5. The first-order chi connectivity index (χ1) is 11.9. The molecular weight excluding hydrogens is 363 g/mol. The van der Waals surface area contributed by atoms with Crippen LogP contribution < -0.4 is 10.2 Å². The number of carbonyl (C=O) groups excluding carboxylic acids is 3. The fourth-order valence-electron chi connectivity index (χ4n) is 2.61. The normalized spacial score (nSPS) is 13.2. The summed E-state index contributed by atoms with van der Waals surface area (Å²) >= 11 is 11.9. The van der Waals surface area contributed by atoms with E-state index < -0.39 is 11.7 Å². The van der Waals surface area contributed by atoms with E-state index in [1.54, 1.807) is 37.3 Å². The minimum Gasteiger partial charge on any atom is -0.326 e. The molecule has 5 nitrogen and oxygen atoms in total. The van der Waals surface area contributed by atoms with Gasteiger partial charge < -0.3 is 10.2 Å². The molecule has 2 aromatic rings. The van der Waals surface area contributed by atoms with Gasteiger partial charge in [-0.3, -0.25) is 14.4 Å². The average molecular weight is 377 g/mol.